The molecule has 1 saturated carbocycles. The molecule has 4 heteroatoms. The van der Waals surface area contributed by atoms with Gasteiger partial charge in [0.15, 0.2) is 9.84 Å². The molecule has 2 rings (SSSR count). The van der Waals surface area contributed by atoms with E-state index in [0.29, 0.717) is 10.5 Å². The van der Waals surface area contributed by atoms with Crippen molar-refractivity contribution >= 4 is 9.84 Å². The number of rotatable bonds is 3. The van der Waals surface area contributed by atoms with Crippen LogP contribution in [0.1, 0.15) is 38.7 Å². The van der Waals surface area contributed by atoms with Crippen LogP contribution < -0.4 is 5.73 Å². The smallest absolute Gasteiger partial charge is 0.181 e. The van der Waals surface area contributed by atoms with Crippen molar-refractivity contribution in [1.82, 2.24) is 0 Å². The van der Waals surface area contributed by atoms with Crippen LogP contribution >= 0.6 is 0 Å². The average Bonchev–Trinajstić information content (AvgIpc) is 2.13. The molecule has 1 aromatic rings. The molecule has 0 unspecified atom stereocenters. The number of hydrogen-bond acceptors (Lipinski definition) is 3. The molecule has 0 radical (unpaired) electrons. The molecule has 0 aromatic heterocycles. The summed E-state index contributed by atoms with van der Waals surface area (Å²) < 4.78 is 24.9. The highest BCUT2D eigenvalue weighted by Gasteiger charge is 2.35. The normalized spacial score (nSPS) is 17.8. The maximum Gasteiger partial charge on any atom is 0.181 e. The third kappa shape index (κ3) is 2.24. The Morgan fingerprint density at radius 2 is 1.82 bits per heavy atom. The summed E-state index contributed by atoms with van der Waals surface area (Å²) in [5.74, 6) is 0. The maximum atomic E-state index is 12.4. The summed E-state index contributed by atoms with van der Waals surface area (Å²) in [6, 6.07) is 7.09. The van der Waals surface area contributed by atoms with Crippen molar-refractivity contribution in [2.45, 2.75) is 48.8 Å². The molecule has 0 atom stereocenters. The van der Waals surface area contributed by atoms with E-state index in [9.17, 15) is 8.42 Å². The zero-order valence-corrected chi connectivity index (χ0v) is 11.1. The standard InChI is InChI=1S/C13H19NO2S/c1-13(2,14)11-8-3-4-9-12(11)17(15,16)10-6-5-7-10/h3-4,8-10H,5-7,14H2,1-2H3. The third-order valence-electron chi connectivity index (χ3n) is 3.38. The summed E-state index contributed by atoms with van der Waals surface area (Å²) in [5, 5.41) is -0.203. The Kier molecular flexibility index (Phi) is 3.04. The summed E-state index contributed by atoms with van der Waals surface area (Å²) in [6.07, 6.45) is 2.57. The van der Waals surface area contributed by atoms with Gasteiger partial charge in [-0.15, -0.1) is 0 Å². The van der Waals surface area contributed by atoms with Crippen molar-refractivity contribution in [1.29, 1.82) is 0 Å². The van der Waals surface area contributed by atoms with Crippen molar-refractivity contribution in [2.24, 2.45) is 5.73 Å². The molecule has 94 valence electrons. The van der Waals surface area contributed by atoms with Crippen LogP contribution in [0, 0.1) is 0 Å². The van der Waals surface area contributed by atoms with Crippen LogP contribution in [0.3, 0.4) is 0 Å². The van der Waals surface area contributed by atoms with Crippen LogP contribution in [0.2, 0.25) is 0 Å². The molecule has 2 N–H and O–H groups in total. The Morgan fingerprint density at radius 3 is 2.29 bits per heavy atom. The lowest BCUT2D eigenvalue weighted by molar-refractivity contribution is 0.472. The summed E-state index contributed by atoms with van der Waals surface area (Å²) in [7, 11) is -3.20. The predicted molar refractivity (Wildman–Crippen MR) is 68.5 cm³/mol. The molecule has 0 spiro atoms. The molecular weight excluding hydrogens is 234 g/mol. The van der Waals surface area contributed by atoms with Crippen LogP contribution in [-0.2, 0) is 15.4 Å². The molecule has 0 bridgehead atoms. The molecule has 0 heterocycles. The second-order valence-electron chi connectivity index (χ2n) is 5.32. The minimum atomic E-state index is -3.20. The fourth-order valence-electron chi connectivity index (χ4n) is 2.11. The summed E-state index contributed by atoms with van der Waals surface area (Å²) in [6.45, 7) is 3.67. The van der Waals surface area contributed by atoms with Crippen molar-refractivity contribution < 1.29 is 8.42 Å². The molecule has 1 fully saturated rings. The first kappa shape index (κ1) is 12.6. The number of benzene rings is 1. The highest BCUT2D eigenvalue weighted by molar-refractivity contribution is 7.92. The van der Waals surface area contributed by atoms with Gasteiger partial charge in [-0.1, -0.05) is 24.6 Å². The summed E-state index contributed by atoms with van der Waals surface area (Å²) in [5.41, 5.74) is 6.13. The SMILES string of the molecule is CC(C)(N)c1ccccc1S(=O)(=O)C1CCC1. The predicted octanol–water partition coefficient (Wildman–Crippen LogP) is 2.21. The molecular formula is C13H19NO2S. The topological polar surface area (TPSA) is 60.2 Å². The molecule has 0 saturated heterocycles. The zero-order chi connectivity index (χ0) is 12.7. The van der Waals surface area contributed by atoms with Gasteiger partial charge in [0.2, 0.25) is 0 Å². The van der Waals surface area contributed by atoms with E-state index in [1.165, 1.54) is 0 Å². The van der Waals surface area contributed by atoms with E-state index in [1.54, 1.807) is 12.1 Å². The van der Waals surface area contributed by atoms with Gasteiger partial charge in [0.1, 0.15) is 0 Å². The van der Waals surface area contributed by atoms with Crippen LogP contribution in [0.25, 0.3) is 0 Å². The van der Waals surface area contributed by atoms with Crippen LogP contribution in [-0.4, -0.2) is 13.7 Å². The van der Waals surface area contributed by atoms with Gasteiger partial charge in [0.05, 0.1) is 10.1 Å². The third-order valence-corrected chi connectivity index (χ3v) is 5.70. The van der Waals surface area contributed by atoms with Gasteiger partial charge in [-0.25, -0.2) is 8.42 Å². The monoisotopic (exact) mass is 253 g/mol. The maximum absolute atomic E-state index is 12.4. The van der Waals surface area contributed by atoms with Crippen molar-refractivity contribution in [2.75, 3.05) is 0 Å². The molecule has 0 aliphatic heterocycles. The molecule has 17 heavy (non-hydrogen) atoms. The fourth-order valence-corrected chi connectivity index (χ4v) is 4.33. The van der Waals surface area contributed by atoms with Gasteiger partial charge in [-0.3, -0.25) is 0 Å². The second-order valence-corrected chi connectivity index (χ2v) is 7.51. The Morgan fingerprint density at radius 1 is 1.24 bits per heavy atom. The number of hydrogen-bond donors (Lipinski definition) is 1. The van der Waals surface area contributed by atoms with E-state index >= 15 is 0 Å². The largest absolute Gasteiger partial charge is 0.322 e. The van der Waals surface area contributed by atoms with Crippen LogP contribution in [0.5, 0.6) is 0 Å². The van der Waals surface area contributed by atoms with Gasteiger partial charge in [-0.2, -0.15) is 0 Å². The lowest BCUT2D eigenvalue weighted by Gasteiger charge is -2.29. The Balaban J connectivity index is 2.52. The zero-order valence-electron chi connectivity index (χ0n) is 10.3. The second kappa shape index (κ2) is 4.10. The first-order valence-electron chi connectivity index (χ1n) is 5.96. The van der Waals surface area contributed by atoms with E-state index in [0.717, 1.165) is 19.3 Å². The lowest BCUT2D eigenvalue weighted by atomic mass is 9.96. The first-order chi connectivity index (χ1) is 7.83. The van der Waals surface area contributed by atoms with Gasteiger partial charge in [0.25, 0.3) is 0 Å². The molecule has 3 nitrogen and oxygen atoms in total. The Hall–Kier alpha value is -0.870. The highest BCUT2D eigenvalue weighted by atomic mass is 32.2. The summed E-state index contributed by atoms with van der Waals surface area (Å²) in [4.78, 5) is 0.414. The first-order valence-corrected chi connectivity index (χ1v) is 7.50. The van der Waals surface area contributed by atoms with Crippen LogP contribution in [0.4, 0.5) is 0 Å². The molecule has 1 aromatic carbocycles. The summed E-state index contributed by atoms with van der Waals surface area (Å²) >= 11 is 0. The van der Waals surface area contributed by atoms with Crippen molar-refractivity contribution in [3.8, 4) is 0 Å². The molecule has 1 aliphatic carbocycles. The molecule has 0 amide bonds. The van der Waals surface area contributed by atoms with Gasteiger partial charge < -0.3 is 5.73 Å². The lowest BCUT2D eigenvalue weighted by Crippen LogP contribution is -2.34. The van der Waals surface area contributed by atoms with Crippen LogP contribution in [0.15, 0.2) is 29.2 Å². The highest BCUT2D eigenvalue weighted by Crippen LogP contribution is 2.34. The minimum Gasteiger partial charge on any atom is -0.322 e. The average molecular weight is 253 g/mol. The van der Waals surface area contributed by atoms with Crippen molar-refractivity contribution in [3.05, 3.63) is 29.8 Å². The fraction of sp³-hybridized carbons (Fsp3) is 0.538. The van der Waals surface area contributed by atoms with Gasteiger partial charge in [-0.05, 0) is 38.3 Å². The van der Waals surface area contributed by atoms with Crippen molar-refractivity contribution in [3.63, 3.8) is 0 Å². The number of nitrogens with two attached hydrogens (primary N) is 1. The Labute approximate surface area is 103 Å². The Bertz CT molecular complexity index is 510. The minimum absolute atomic E-state index is 0.203. The molecule has 1 aliphatic rings. The van der Waals surface area contributed by atoms with E-state index in [1.807, 2.05) is 26.0 Å². The van der Waals surface area contributed by atoms with Gasteiger partial charge in [0, 0.05) is 5.54 Å². The quantitative estimate of drug-likeness (QED) is 0.898. The van der Waals surface area contributed by atoms with E-state index in [2.05, 4.69) is 0 Å². The van der Waals surface area contributed by atoms with E-state index < -0.39 is 15.4 Å². The number of sulfone groups is 1. The van der Waals surface area contributed by atoms with E-state index in [4.69, 9.17) is 5.73 Å². The van der Waals surface area contributed by atoms with E-state index in [-0.39, 0.29) is 5.25 Å². The van der Waals surface area contributed by atoms with Gasteiger partial charge >= 0.3 is 0 Å².